The number of fused-ring (bicyclic) bond motifs is 1. The number of aryl methyl sites for hydroxylation is 2. The summed E-state index contributed by atoms with van der Waals surface area (Å²) in [5, 5.41) is 8.81. The number of anilines is 1. The molecule has 31 heavy (non-hydrogen) atoms. The zero-order chi connectivity index (χ0) is 22.2. The predicted octanol–water partition coefficient (Wildman–Crippen LogP) is 3.77. The summed E-state index contributed by atoms with van der Waals surface area (Å²) in [5.41, 5.74) is 3.46. The van der Waals surface area contributed by atoms with E-state index in [-0.39, 0.29) is 31.6 Å². The molecule has 6 nitrogen and oxygen atoms in total. The number of nitriles is 1. The van der Waals surface area contributed by atoms with Gasteiger partial charge in [-0.15, -0.1) is 0 Å². The molecule has 0 bridgehead atoms. The fourth-order valence-electron chi connectivity index (χ4n) is 3.58. The van der Waals surface area contributed by atoms with Gasteiger partial charge in [-0.1, -0.05) is 12.1 Å². The average Bonchev–Trinajstić information content (AvgIpc) is 3.25. The van der Waals surface area contributed by atoms with Crippen LogP contribution >= 0.6 is 0 Å². The minimum Gasteiger partial charge on any atom is -0.456 e. The molecular formula is C24H23FN2O4. The summed E-state index contributed by atoms with van der Waals surface area (Å²) in [6.45, 7) is -0.427. The van der Waals surface area contributed by atoms with E-state index in [1.807, 2.05) is 18.2 Å². The maximum Gasteiger partial charge on any atom is 0.306 e. The van der Waals surface area contributed by atoms with Crippen molar-refractivity contribution in [2.24, 2.45) is 0 Å². The van der Waals surface area contributed by atoms with Gasteiger partial charge >= 0.3 is 5.97 Å². The number of amides is 1. The van der Waals surface area contributed by atoms with Crippen LogP contribution < -0.4 is 4.90 Å². The van der Waals surface area contributed by atoms with Crippen LogP contribution in [0.2, 0.25) is 0 Å². The Morgan fingerprint density at radius 1 is 1.03 bits per heavy atom. The van der Waals surface area contributed by atoms with Crippen molar-refractivity contribution in [3.05, 3.63) is 65.0 Å². The van der Waals surface area contributed by atoms with Gasteiger partial charge < -0.3 is 9.64 Å². The van der Waals surface area contributed by atoms with E-state index < -0.39 is 24.3 Å². The van der Waals surface area contributed by atoms with Gasteiger partial charge in [-0.2, -0.15) is 5.26 Å². The van der Waals surface area contributed by atoms with Gasteiger partial charge in [-0.05, 0) is 60.7 Å². The maximum absolute atomic E-state index is 13.1. The highest BCUT2D eigenvalue weighted by Gasteiger charge is 2.19. The quantitative estimate of drug-likeness (QED) is 0.453. The molecule has 0 saturated carbocycles. The molecule has 3 rings (SSSR count). The number of Topliss-reactive ketones (excluding diaryl/α,β-unsaturated/α-hetero) is 1. The van der Waals surface area contributed by atoms with Crippen LogP contribution in [0.4, 0.5) is 10.1 Å². The normalized spacial score (nSPS) is 12.0. The van der Waals surface area contributed by atoms with E-state index in [0.717, 1.165) is 19.3 Å². The van der Waals surface area contributed by atoms with Crippen molar-refractivity contribution in [3.8, 4) is 6.07 Å². The van der Waals surface area contributed by atoms with E-state index in [0.29, 0.717) is 11.3 Å². The maximum atomic E-state index is 13.1. The number of carbonyl (C=O) groups is 3. The molecule has 0 radical (unpaired) electrons. The third-order valence-corrected chi connectivity index (χ3v) is 5.22. The minimum atomic E-state index is -0.651. The Balaban J connectivity index is 1.50. The molecule has 160 valence electrons. The molecule has 1 aliphatic rings. The zero-order valence-electron chi connectivity index (χ0n) is 17.1. The number of rotatable bonds is 9. The van der Waals surface area contributed by atoms with Gasteiger partial charge in [0.25, 0.3) is 5.91 Å². The molecule has 2 aromatic carbocycles. The first-order valence-electron chi connectivity index (χ1n) is 10.2. The van der Waals surface area contributed by atoms with Crippen molar-refractivity contribution in [2.45, 2.75) is 38.5 Å². The van der Waals surface area contributed by atoms with E-state index in [4.69, 9.17) is 10.00 Å². The largest absolute Gasteiger partial charge is 0.456 e. The summed E-state index contributed by atoms with van der Waals surface area (Å²) in [5.74, 6) is -1.77. The number of halogens is 1. The number of carbonyl (C=O) groups excluding carboxylic acids is 3. The number of esters is 1. The van der Waals surface area contributed by atoms with Gasteiger partial charge in [0.05, 0.1) is 18.9 Å². The first-order valence-corrected chi connectivity index (χ1v) is 10.2. The van der Waals surface area contributed by atoms with Crippen LogP contribution in [0.25, 0.3) is 0 Å². The minimum absolute atomic E-state index is 0.00190. The molecule has 0 spiro atoms. The summed E-state index contributed by atoms with van der Waals surface area (Å²) >= 11 is 0. The van der Waals surface area contributed by atoms with Crippen LogP contribution in [0.1, 0.15) is 47.2 Å². The Morgan fingerprint density at radius 2 is 1.77 bits per heavy atom. The average molecular weight is 422 g/mol. The van der Waals surface area contributed by atoms with Crippen LogP contribution in [0.3, 0.4) is 0 Å². The van der Waals surface area contributed by atoms with Crippen molar-refractivity contribution >= 4 is 23.3 Å². The van der Waals surface area contributed by atoms with Crippen molar-refractivity contribution in [3.63, 3.8) is 0 Å². The highest BCUT2D eigenvalue weighted by atomic mass is 19.1. The Kier molecular flexibility index (Phi) is 7.50. The molecule has 1 aliphatic carbocycles. The zero-order valence-corrected chi connectivity index (χ0v) is 17.1. The van der Waals surface area contributed by atoms with E-state index >= 15 is 0 Å². The topological polar surface area (TPSA) is 87.5 Å². The van der Waals surface area contributed by atoms with Gasteiger partial charge in [0, 0.05) is 24.2 Å². The smallest absolute Gasteiger partial charge is 0.306 e. The van der Waals surface area contributed by atoms with Crippen LogP contribution in [-0.2, 0) is 27.2 Å². The fourth-order valence-corrected chi connectivity index (χ4v) is 3.58. The van der Waals surface area contributed by atoms with Gasteiger partial charge in [0.1, 0.15) is 5.82 Å². The van der Waals surface area contributed by atoms with Crippen molar-refractivity contribution < 1.29 is 23.5 Å². The highest BCUT2D eigenvalue weighted by Crippen LogP contribution is 2.23. The Bertz CT molecular complexity index is 1010. The first kappa shape index (κ1) is 22.2. The third-order valence-electron chi connectivity index (χ3n) is 5.22. The molecule has 0 N–H and O–H groups in total. The monoisotopic (exact) mass is 422 g/mol. The number of ether oxygens (including phenoxy) is 1. The molecule has 0 atom stereocenters. The molecule has 0 aromatic heterocycles. The highest BCUT2D eigenvalue weighted by molar-refractivity contribution is 5.98. The van der Waals surface area contributed by atoms with Gasteiger partial charge in [0.15, 0.2) is 12.4 Å². The van der Waals surface area contributed by atoms with E-state index in [1.54, 1.807) is 6.07 Å². The first-order chi connectivity index (χ1) is 15.0. The van der Waals surface area contributed by atoms with Gasteiger partial charge in [-0.25, -0.2) is 4.39 Å². The number of nitrogens with zero attached hydrogens (tertiary/aromatic N) is 2. The van der Waals surface area contributed by atoms with E-state index in [1.165, 1.54) is 40.3 Å². The standard InChI is InChI=1S/C24H23FN2O4/c25-20-7-9-21(10-8-20)27(14-2-13-26)23(29)16-31-24(30)12-11-22(28)19-6-5-17-3-1-4-18(17)15-19/h5-10,15H,1-4,11-12,14,16H2. The summed E-state index contributed by atoms with van der Waals surface area (Å²) < 4.78 is 18.2. The molecule has 1 amide bonds. The lowest BCUT2D eigenvalue weighted by atomic mass is 10.0. The van der Waals surface area contributed by atoms with Crippen LogP contribution in [0.15, 0.2) is 42.5 Å². The lowest BCUT2D eigenvalue weighted by Gasteiger charge is -2.21. The predicted molar refractivity (Wildman–Crippen MR) is 112 cm³/mol. The Labute approximate surface area is 180 Å². The van der Waals surface area contributed by atoms with E-state index in [9.17, 15) is 18.8 Å². The van der Waals surface area contributed by atoms with Crippen molar-refractivity contribution in [1.29, 1.82) is 5.26 Å². The van der Waals surface area contributed by atoms with Gasteiger partial charge in [0.2, 0.25) is 0 Å². The third kappa shape index (κ3) is 5.98. The van der Waals surface area contributed by atoms with Crippen LogP contribution in [-0.4, -0.2) is 30.8 Å². The molecule has 0 heterocycles. The molecule has 0 aliphatic heterocycles. The second-order valence-electron chi connectivity index (χ2n) is 7.35. The molecule has 7 heteroatoms. The van der Waals surface area contributed by atoms with Crippen molar-refractivity contribution in [1.82, 2.24) is 0 Å². The lowest BCUT2D eigenvalue weighted by molar-refractivity contribution is -0.147. The van der Waals surface area contributed by atoms with Crippen LogP contribution in [0.5, 0.6) is 0 Å². The summed E-state index contributed by atoms with van der Waals surface area (Å²) in [7, 11) is 0. The van der Waals surface area contributed by atoms with Gasteiger partial charge in [-0.3, -0.25) is 14.4 Å². The summed E-state index contributed by atoms with van der Waals surface area (Å²) in [4.78, 5) is 38.2. The fraction of sp³-hybridized carbons (Fsp3) is 0.333. The Hall–Kier alpha value is -3.53. The Morgan fingerprint density at radius 3 is 2.52 bits per heavy atom. The molecule has 2 aromatic rings. The summed E-state index contributed by atoms with van der Waals surface area (Å²) in [6.07, 6.45) is 3.05. The van der Waals surface area contributed by atoms with E-state index in [2.05, 4.69) is 0 Å². The number of hydrogen-bond donors (Lipinski definition) is 0. The number of benzene rings is 2. The van der Waals surface area contributed by atoms with Crippen molar-refractivity contribution in [2.75, 3.05) is 18.1 Å². The number of hydrogen-bond acceptors (Lipinski definition) is 5. The summed E-state index contributed by atoms with van der Waals surface area (Å²) in [6, 6.07) is 12.9. The van der Waals surface area contributed by atoms with Crippen LogP contribution in [0, 0.1) is 17.1 Å². The molecule has 0 unspecified atom stereocenters. The molecule has 0 fully saturated rings. The molecule has 0 saturated heterocycles. The SMILES string of the molecule is N#CCCN(C(=O)COC(=O)CCC(=O)c1ccc2c(c1)CCC2)c1ccc(F)cc1. The molecular weight excluding hydrogens is 399 g/mol. The second kappa shape index (κ2) is 10.5. The number of ketones is 1. The second-order valence-corrected chi connectivity index (χ2v) is 7.35. The lowest BCUT2D eigenvalue weighted by Crippen LogP contribution is -2.35.